The molecule has 0 unspecified atom stereocenters. The Labute approximate surface area is 193 Å². The molecule has 0 aliphatic heterocycles. The first-order valence-corrected chi connectivity index (χ1v) is 11.6. The number of carbonyl (C=O) groups excluding carboxylic acids is 2. The van der Waals surface area contributed by atoms with Gasteiger partial charge in [-0.05, 0) is 53.6 Å². The van der Waals surface area contributed by atoms with Crippen LogP contribution < -0.4 is 0 Å². The number of halogens is 1. The molecule has 2 amide bonds. The van der Waals surface area contributed by atoms with Crippen molar-refractivity contribution in [1.82, 2.24) is 9.80 Å². The molecule has 0 fully saturated rings. The van der Waals surface area contributed by atoms with E-state index in [9.17, 15) is 14.0 Å². The molecule has 0 N–H and O–H groups in total. The molecule has 1 heterocycles. The number of thiophene rings is 1. The zero-order valence-electron chi connectivity index (χ0n) is 18.8. The summed E-state index contributed by atoms with van der Waals surface area (Å²) in [6.07, 6.45) is 0. The van der Waals surface area contributed by atoms with Crippen LogP contribution >= 0.6 is 11.3 Å². The van der Waals surface area contributed by atoms with Crippen LogP contribution in [-0.4, -0.2) is 34.7 Å². The molecule has 0 radical (unpaired) electrons. The van der Waals surface area contributed by atoms with E-state index in [1.54, 1.807) is 22.3 Å². The Morgan fingerprint density at radius 3 is 2.34 bits per heavy atom. The molecule has 0 saturated carbocycles. The minimum absolute atomic E-state index is 0.0508. The van der Waals surface area contributed by atoms with Crippen LogP contribution in [0, 0.1) is 18.7 Å². The van der Waals surface area contributed by atoms with Crippen molar-refractivity contribution in [2.24, 2.45) is 5.92 Å². The molecule has 3 aromatic rings. The number of hydrogen-bond acceptors (Lipinski definition) is 3. The maximum Gasteiger partial charge on any atom is 0.254 e. The topological polar surface area (TPSA) is 40.6 Å². The smallest absolute Gasteiger partial charge is 0.254 e. The monoisotopic (exact) mass is 452 g/mol. The van der Waals surface area contributed by atoms with E-state index in [1.165, 1.54) is 23.1 Å². The van der Waals surface area contributed by atoms with E-state index < -0.39 is 5.82 Å². The van der Waals surface area contributed by atoms with Crippen LogP contribution in [0.5, 0.6) is 0 Å². The molecule has 3 rings (SSSR count). The van der Waals surface area contributed by atoms with Crippen molar-refractivity contribution in [3.8, 4) is 0 Å². The minimum Gasteiger partial charge on any atom is -0.332 e. The lowest BCUT2D eigenvalue weighted by Gasteiger charge is -2.29. The lowest BCUT2D eigenvalue weighted by atomic mass is 10.1. The number of nitrogens with zero attached hydrogens (tertiary/aromatic N) is 2. The van der Waals surface area contributed by atoms with Crippen molar-refractivity contribution in [3.63, 3.8) is 0 Å². The van der Waals surface area contributed by atoms with Gasteiger partial charge in [-0.3, -0.25) is 9.59 Å². The van der Waals surface area contributed by atoms with E-state index in [0.717, 1.165) is 16.0 Å². The summed E-state index contributed by atoms with van der Waals surface area (Å²) in [6, 6.07) is 17.5. The first kappa shape index (κ1) is 23.7. The second-order valence-electron chi connectivity index (χ2n) is 8.35. The minimum atomic E-state index is -0.467. The average Bonchev–Trinajstić information content (AvgIpc) is 3.17. The molecule has 0 bridgehead atoms. The molecule has 4 nitrogen and oxygen atoms in total. The number of carbonyl (C=O) groups is 2. The molecule has 0 spiro atoms. The van der Waals surface area contributed by atoms with E-state index in [4.69, 9.17) is 0 Å². The van der Waals surface area contributed by atoms with Gasteiger partial charge in [0.2, 0.25) is 5.91 Å². The van der Waals surface area contributed by atoms with Gasteiger partial charge in [0.25, 0.3) is 5.91 Å². The number of hydrogen-bond donors (Lipinski definition) is 0. The normalized spacial score (nSPS) is 10.9. The van der Waals surface area contributed by atoms with Crippen LogP contribution in [0.2, 0.25) is 0 Å². The Hall–Kier alpha value is -2.99. The summed E-state index contributed by atoms with van der Waals surface area (Å²) < 4.78 is 13.7. The highest BCUT2D eigenvalue weighted by atomic mass is 32.1. The van der Waals surface area contributed by atoms with Crippen LogP contribution in [0.25, 0.3) is 0 Å². The summed E-state index contributed by atoms with van der Waals surface area (Å²) in [6.45, 7) is 7.33. The van der Waals surface area contributed by atoms with Crippen molar-refractivity contribution in [2.45, 2.75) is 33.9 Å². The highest BCUT2D eigenvalue weighted by Crippen LogP contribution is 2.20. The van der Waals surface area contributed by atoms with Crippen LogP contribution in [0.15, 0.2) is 66.0 Å². The summed E-state index contributed by atoms with van der Waals surface area (Å²) in [4.78, 5) is 31.0. The second-order valence-corrected chi connectivity index (χ2v) is 9.35. The SMILES string of the molecule is Cc1ccsc1CN(Cc1ccccc1)C(=O)CN(CC(C)C)C(=O)c1cccc(F)c1. The molecule has 6 heteroatoms. The molecular formula is C26H29FN2O2S. The maximum absolute atomic E-state index is 13.7. The number of rotatable bonds is 9. The van der Waals surface area contributed by atoms with Crippen molar-refractivity contribution < 1.29 is 14.0 Å². The number of benzene rings is 2. The Kier molecular flexibility index (Phi) is 8.17. The highest BCUT2D eigenvalue weighted by Gasteiger charge is 2.24. The lowest BCUT2D eigenvalue weighted by Crippen LogP contribution is -2.43. The molecule has 168 valence electrons. The third-order valence-electron chi connectivity index (χ3n) is 5.14. The molecule has 0 aliphatic rings. The predicted octanol–water partition coefficient (Wildman–Crippen LogP) is 5.52. The maximum atomic E-state index is 13.7. The molecule has 32 heavy (non-hydrogen) atoms. The van der Waals surface area contributed by atoms with E-state index in [1.807, 2.05) is 62.5 Å². The summed E-state index contributed by atoms with van der Waals surface area (Å²) in [5.41, 5.74) is 2.43. The zero-order valence-corrected chi connectivity index (χ0v) is 19.6. The van der Waals surface area contributed by atoms with E-state index in [2.05, 4.69) is 0 Å². The first-order chi connectivity index (χ1) is 15.3. The zero-order chi connectivity index (χ0) is 23.1. The summed E-state index contributed by atoms with van der Waals surface area (Å²) >= 11 is 1.62. The van der Waals surface area contributed by atoms with Gasteiger partial charge >= 0.3 is 0 Å². The molecular weight excluding hydrogens is 423 g/mol. The van der Waals surface area contributed by atoms with Gasteiger partial charge in [0.1, 0.15) is 12.4 Å². The van der Waals surface area contributed by atoms with Gasteiger partial charge in [-0.15, -0.1) is 11.3 Å². The van der Waals surface area contributed by atoms with Gasteiger partial charge in [0.05, 0.1) is 6.54 Å². The van der Waals surface area contributed by atoms with Crippen molar-refractivity contribution in [3.05, 3.63) is 93.4 Å². The van der Waals surface area contributed by atoms with Crippen LogP contribution in [0.4, 0.5) is 4.39 Å². The Morgan fingerprint density at radius 2 is 1.72 bits per heavy atom. The largest absolute Gasteiger partial charge is 0.332 e. The fourth-order valence-electron chi connectivity index (χ4n) is 3.50. The highest BCUT2D eigenvalue weighted by molar-refractivity contribution is 7.10. The lowest BCUT2D eigenvalue weighted by molar-refractivity contribution is -0.133. The quantitative estimate of drug-likeness (QED) is 0.429. The number of amides is 2. The van der Waals surface area contributed by atoms with Crippen LogP contribution in [0.1, 0.15) is 40.2 Å². The average molecular weight is 453 g/mol. The van der Waals surface area contributed by atoms with Gasteiger partial charge in [0, 0.05) is 23.5 Å². The standard InChI is InChI=1S/C26H29FN2O2S/c1-19(2)15-29(26(31)22-10-7-11-23(27)14-22)18-25(30)28(16-21-8-5-4-6-9-21)17-24-20(3)12-13-32-24/h4-14,19H,15-18H2,1-3H3. The Bertz CT molecular complexity index is 1050. The third kappa shape index (κ3) is 6.50. The summed E-state index contributed by atoms with van der Waals surface area (Å²) in [5, 5.41) is 2.02. The fourth-order valence-corrected chi connectivity index (χ4v) is 4.42. The Morgan fingerprint density at radius 1 is 0.969 bits per heavy atom. The van der Waals surface area contributed by atoms with E-state index in [0.29, 0.717) is 19.6 Å². The second kappa shape index (κ2) is 11.0. The molecule has 0 aliphatic carbocycles. The summed E-state index contributed by atoms with van der Waals surface area (Å²) in [5.74, 6) is -0.765. The Balaban J connectivity index is 1.83. The van der Waals surface area contributed by atoms with Gasteiger partial charge in [-0.25, -0.2) is 4.39 Å². The molecule has 1 aromatic heterocycles. The number of aryl methyl sites for hydroxylation is 1. The van der Waals surface area contributed by atoms with Gasteiger partial charge in [-0.2, -0.15) is 0 Å². The van der Waals surface area contributed by atoms with Crippen molar-refractivity contribution in [1.29, 1.82) is 0 Å². The summed E-state index contributed by atoms with van der Waals surface area (Å²) in [7, 11) is 0. The first-order valence-electron chi connectivity index (χ1n) is 10.7. The van der Waals surface area contributed by atoms with Gasteiger partial charge in [-0.1, -0.05) is 50.2 Å². The van der Waals surface area contributed by atoms with Crippen LogP contribution in [0.3, 0.4) is 0 Å². The fraction of sp³-hybridized carbons (Fsp3) is 0.308. The molecule has 0 atom stereocenters. The molecule has 0 saturated heterocycles. The van der Waals surface area contributed by atoms with Gasteiger partial charge < -0.3 is 9.80 Å². The van der Waals surface area contributed by atoms with Crippen molar-refractivity contribution in [2.75, 3.05) is 13.1 Å². The van der Waals surface area contributed by atoms with E-state index >= 15 is 0 Å². The van der Waals surface area contributed by atoms with Gasteiger partial charge in [0.15, 0.2) is 0 Å². The van der Waals surface area contributed by atoms with Crippen molar-refractivity contribution >= 4 is 23.2 Å². The van der Waals surface area contributed by atoms with Crippen LogP contribution in [-0.2, 0) is 17.9 Å². The molecule has 2 aromatic carbocycles. The predicted molar refractivity (Wildman–Crippen MR) is 127 cm³/mol. The third-order valence-corrected chi connectivity index (χ3v) is 6.15. The van der Waals surface area contributed by atoms with E-state index in [-0.39, 0.29) is 29.8 Å².